The zero-order valence-electron chi connectivity index (χ0n) is 11.3. The molecule has 5 heteroatoms. The first-order chi connectivity index (χ1) is 8.29. The van der Waals surface area contributed by atoms with Gasteiger partial charge in [-0.15, -0.1) is 24.8 Å². The number of likely N-dealkylation sites (tertiary alicyclic amines) is 1. The van der Waals surface area contributed by atoms with E-state index < -0.39 is 0 Å². The van der Waals surface area contributed by atoms with Gasteiger partial charge in [0.2, 0.25) is 0 Å². The van der Waals surface area contributed by atoms with E-state index in [0.717, 1.165) is 23.6 Å². The third kappa shape index (κ3) is 6.01. The lowest BCUT2D eigenvalue weighted by Crippen LogP contribution is -2.37. The molecule has 110 valence electrons. The number of rotatable bonds is 5. The van der Waals surface area contributed by atoms with Crippen LogP contribution >= 0.6 is 40.7 Å². The molecule has 1 aliphatic rings. The molecule has 1 unspecified atom stereocenters. The van der Waals surface area contributed by atoms with Gasteiger partial charge in [0.25, 0.3) is 0 Å². The van der Waals surface area contributed by atoms with Gasteiger partial charge in [0.15, 0.2) is 0 Å². The number of hydrogen-bond acceptors (Lipinski definition) is 2. The summed E-state index contributed by atoms with van der Waals surface area (Å²) in [6, 6.07) is 9.25. The zero-order valence-corrected chi connectivity index (χ0v) is 14.5. The van der Waals surface area contributed by atoms with Gasteiger partial charge in [0, 0.05) is 23.6 Å². The third-order valence-electron chi connectivity index (χ3n) is 3.50. The first-order valence-corrected chi connectivity index (χ1v) is 7.28. The highest BCUT2D eigenvalue weighted by Crippen LogP contribution is 2.16. The van der Waals surface area contributed by atoms with Gasteiger partial charge in [-0.05, 0) is 43.6 Å². The molecule has 1 atom stereocenters. The van der Waals surface area contributed by atoms with Gasteiger partial charge in [-0.2, -0.15) is 0 Å². The Kier molecular flexibility index (Phi) is 10.1. The van der Waals surface area contributed by atoms with Crippen LogP contribution in [-0.4, -0.2) is 30.6 Å². The van der Waals surface area contributed by atoms with E-state index in [-0.39, 0.29) is 24.8 Å². The fourth-order valence-corrected chi connectivity index (χ4v) is 3.02. The van der Waals surface area contributed by atoms with Crippen molar-refractivity contribution < 1.29 is 0 Å². The lowest BCUT2D eigenvalue weighted by atomic mass is 10.2. The summed E-state index contributed by atoms with van der Waals surface area (Å²) in [4.78, 5) is 2.58. The average Bonchev–Trinajstić information content (AvgIpc) is 2.77. The van der Waals surface area contributed by atoms with E-state index in [1.807, 2.05) is 0 Å². The molecule has 0 aliphatic carbocycles. The van der Waals surface area contributed by atoms with Crippen LogP contribution in [0.2, 0.25) is 0 Å². The maximum Gasteiger partial charge on any atom is 0.0221 e. The minimum absolute atomic E-state index is 0. The molecule has 0 amide bonds. The van der Waals surface area contributed by atoms with Crippen LogP contribution in [0.1, 0.15) is 25.3 Å². The topological polar surface area (TPSA) is 15.3 Å². The molecule has 0 radical (unpaired) electrons. The SMILES string of the molecule is CCN1CCCC1CNCc1cccc(Br)c1.Cl.Cl. The summed E-state index contributed by atoms with van der Waals surface area (Å²) < 4.78 is 1.16. The molecule has 19 heavy (non-hydrogen) atoms. The molecule has 1 fully saturated rings. The van der Waals surface area contributed by atoms with Crippen molar-refractivity contribution in [1.82, 2.24) is 10.2 Å². The minimum Gasteiger partial charge on any atom is -0.311 e. The van der Waals surface area contributed by atoms with Crippen molar-refractivity contribution in [2.75, 3.05) is 19.6 Å². The Morgan fingerprint density at radius 2 is 2.16 bits per heavy atom. The summed E-state index contributed by atoms with van der Waals surface area (Å²) in [7, 11) is 0. The van der Waals surface area contributed by atoms with Gasteiger partial charge < -0.3 is 5.32 Å². The molecule has 0 spiro atoms. The predicted molar refractivity (Wildman–Crippen MR) is 90.6 cm³/mol. The molecule has 1 N–H and O–H groups in total. The van der Waals surface area contributed by atoms with Gasteiger partial charge in [-0.3, -0.25) is 4.90 Å². The van der Waals surface area contributed by atoms with Crippen molar-refractivity contribution >= 4 is 40.7 Å². The van der Waals surface area contributed by atoms with E-state index in [1.165, 1.54) is 31.5 Å². The second kappa shape index (κ2) is 10.0. The number of halogens is 3. The summed E-state index contributed by atoms with van der Waals surface area (Å²) >= 11 is 3.51. The Morgan fingerprint density at radius 1 is 1.37 bits per heavy atom. The zero-order chi connectivity index (χ0) is 12.1. The summed E-state index contributed by atoms with van der Waals surface area (Å²) in [5.74, 6) is 0. The predicted octanol–water partition coefficient (Wildman–Crippen LogP) is 3.87. The van der Waals surface area contributed by atoms with Crippen molar-refractivity contribution in [3.63, 3.8) is 0 Å². The van der Waals surface area contributed by atoms with Crippen LogP contribution in [0.4, 0.5) is 0 Å². The van der Waals surface area contributed by atoms with Crippen molar-refractivity contribution in [2.45, 2.75) is 32.4 Å². The smallest absolute Gasteiger partial charge is 0.0221 e. The first kappa shape index (κ1) is 19.2. The fraction of sp³-hybridized carbons (Fsp3) is 0.571. The van der Waals surface area contributed by atoms with Gasteiger partial charge in [0.1, 0.15) is 0 Å². The molecule has 0 bridgehead atoms. The van der Waals surface area contributed by atoms with Crippen LogP contribution in [0.5, 0.6) is 0 Å². The van der Waals surface area contributed by atoms with E-state index in [4.69, 9.17) is 0 Å². The molecule has 1 heterocycles. The monoisotopic (exact) mass is 368 g/mol. The van der Waals surface area contributed by atoms with Crippen molar-refractivity contribution in [3.8, 4) is 0 Å². The van der Waals surface area contributed by atoms with Crippen LogP contribution in [0.3, 0.4) is 0 Å². The highest BCUT2D eigenvalue weighted by Gasteiger charge is 2.21. The Bertz CT molecular complexity index is 363. The van der Waals surface area contributed by atoms with Crippen LogP contribution in [0.15, 0.2) is 28.7 Å². The normalized spacial score (nSPS) is 18.7. The molecule has 1 saturated heterocycles. The number of likely N-dealkylation sites (N-methyl/N-ethyl adjacent to an activating group) is 1. The molecule has 0 saturated carbocycles. The number of hydrogen-bond donors (Lipinski definition) is 1. The molecule has 0 aromatic heterocycles. The van der Waals surface area contributed by atoms with Gasteiger partial charge in [-0.25, -0.2) is 0 Å². The Hall–Kier alpha value is 0.200. The van der Waals surface area contributed by atoms with Crippen LogP contribution < -0.4 is 5.32 Å². The quantitative estimate of drug-likeness (QED) is 0.847. The van der Waals surface area contributed by atoms with E-state index >= 15 is 0 Å². The van der Waals surface area contributed by atoms with E-state index in [9.17, 15) is 0 Å². The number of nitrogens with one attached hydrogen (secondary N) is 1. The Morgan fingerprint density at radius 3 is 2.84 bits per heavy atom. The molecule has 1 aromatic carbocycles. The Balaban J connectivity index is 0.00000162. The first-order valence-electron chi connectivity index (χ1n) is 6.49. The molecule has 2 nitrogen and oxygen atoms in total. The molecular weight excluding hydrogens is 347 g/mol. The van der Waals surface area contributed by atoms with E-state index in [1.54, 1.807) is 0 Å². The van der Waals surface area contributed by atoms with E-state index in [2.05, 4.69) is 57.3 Å². The highest BCUT2D eigenvalue weighted by atomic mass is 79.9. The molecule has 1 aliphatic heterocycles. The van der Waals surface area contributed by atoms with Crippen molar-refractivity contribution in [2.24, 2.45) is 0 Å². The van der Waals surface area contributed by atoms with Crippen molar-refractivity contribution in [3.05, 3.63) is 34.3 Å². The lowest BCUT2D eigenvalue weighted by molar-refractivity contribution is 0.260. The molecule has 2 rings (SSSR count). The molecule has 1 aromatic rings. The van der Waals surface area contributed by atoms with Gasteiger partial charge in [0.05, 0.1) is 0 Å². The molecular formula is C14H23BrCl2N2. The lowest BCUT2D eigenvalue weighted by Gasteiger charge is -2.23. The summed E-state index contributed by atoms with van der Waals surface area (Å²) in [5, 5.41) is 3.57. The van der Waals surface area contributed by atoms with E-state index in [0.29, 0.717) is 0 Å². The maximum atomic E-state index is 3.57. The van der Waals surface area contributed by atoms with Crippen LogP contribution in [0.25, 0.3) is 0 Å². The largest absolute Gasteiger partial charge is 0.311 e. The van der Waals surface area contributed by atoms with Crippen LogP contribution in [0, 0.1) is 0 Å². The average molecular weight is 370 g/mol. The second-order valence-electron chi connectivity index (χ2n) is 4.69. The summed E-state index contributed by atoms with van der Waals surface area (Å²) in [6.45, 7) is 6.80. The third-order valence-corrected chi connectivity index (χ3v) is 4.00. The Labute approximate surface area is 137 Å². The number of benzene rings is 1. The number of nitrogens with zero attached hydrogens (tertiary/aromatic N) is 1. The van der Waals surface area contributed by atoms with Crippen molar-refractivity contribution in [1.29, 1.82) is 0 Å². The fourth-order valence-electron chi connectivity index (χ4n) is 2.57. The second-order valence-corrected chi connectivity index (χ2v) is 5.60. The van der Waals surface area contributed by atoms with Gasteiger partial charge in [-0.1, -0.05) is 35.0 Å². The van der Waals surface area contributed by atoms with Gasteiger partial charge >= 0.3 is 0 Å². The summed E-state index contributed by atoms with van der Waals surface area (Å²) in [5.41, 5.74) is 1.35. The highest BCUT2D eigenvalue weighted by molar-refractivity contribution is 9.10. The standard InChI is InChI=1S/C14H21BrN2.2ClH/c1-2-17-8-4-7-14(17)11-16-10-12-5-3-6-13(15)9-12;;/h3,5-6,9,14,16H,2,4,7-8,10-11H2,1H3;2*1H. The minimum atomic E-state index is 0. The van der Waals surface area contributed by atoms with Crippen LogP contribution in [-0.2, 0) is 6.54 Å². The summed E-state index contributed by atoms with van der Waals surface area (Å²) in [6.07, 6.45) is 2.70. The maximum absolute atomic E-state index is 3.57.